The largest absolute Gasteiger partial charge is 0.393 e. The third-order valence-electron chi connectivity index (χ3n) is 8.53. The standard InChI is InChI=1S/C19H32O.C2H6/c1-18-11-4-3-5-13(18)6-7-14-15-8-9-17(20)19(15,2)12-10-16(14)18;1-2/h13-17,20H,3-12H2,1-2H3;1-2H3/t13?,14?,15?,16?,17?,18-,19-;/m0./s1. The molecule has 1 heteroatoms. The molecule has 4 aliphatic carbocycles. The number of hydrogen-bond acceptors (Lipinski definition) is 1. The van der Waals surface area contributed by atoms with E-state index in [0.717, 1.165) is 30.1 Å². The predicted molar refractivity (Wildman–Crippen MR) is 93.7 cm³/mol. The van der Waals surface area contributed by atoms with E-state index in [9.17, 15) is 5.11 Å². The van der Waals surface area contributed by atoms with Crippen LogP contribution in [-0.2, 0) is 0 Å². The summed E-state index contributed by atoms with van der Waals surface area (Å²) in [6.45, 7) is 9.04. The van der Waals surface area contributed by atoms with Gasteiger partial charge in [0.2, 0.25) is 0 Å². The van der Waals surface area contributed by atoms with Crippen LogP contribution in [-0.4, -0.2) is 11.2 Å². The van der Waals surface area contributed by atoms with Crippen molar-refractivity contribution >= 4 is 0 Å². The molecule has 0 saturated heterocycles. The fraction of sp³-hybridized carbons (Fsp3) is 1.00. The minimum atomic E-state index is -0.00895. The van der Waals surface area contributed by atoms with Crippen LogP contribution in [0.4, 0.5) is 0 Å². The zero-order chi connectivity index (χ0) is 16.0. The fourth-order valence-corrected chi connectivity index (χ4v) is 7.27. The van der Waals surface area contributed by atoms with E-state index >= 15 is 0 Å². The molecule has 7 atom stereocenters. The second-order valence-corrected chi connectivity index (χ2v) is 9.04. The third kappa shape index (κ3) is 2.29. The van der Waals surface area contributed by atoms with Gasteiger partial charge >= 0.3 is 0 Å². The van der Waals surface area contributed by atoms with Crippen LogP contribution in [0.2, 0.25) is 0 Å². The lowest BCUT2D eigenvalue weighted by molar-refractivity contribution is -0.120. The van der Waals surface area contributed by atoms with Gasteiger partial charge < -0.3 is 5.11 Å². The molecule has 0 bridgehead atoms. The van der Waals surface area contributed by atoms with Crippen molar-refractivity contribution in [3.05, 3.63) is 0 Å². The molecule has 0 aromatic heterocycles. The highest BCUT2D eigenvalue weighted by molar-refractivity contribution is 5.08. The van der Waals surface area contributed by atoms with Crippen molar-refractivity contribution in [3.8, 4) is 0 Å². The van der Waals surface area contributed by atoms with Crippen molar-refractivity contribution < 1.29 is 5.11 Å². The van der Waals surface area contributed by atoms with Crippen molar-refractivity contribution in [1.82, 2.24) is 0 Å². The molecular weight excluding hydrogens is 268 g/mol. The first kappa shape index (κ1) is 16.8. The number of rotatable bonds is 0. The lowest BCUT2D eigenvalue weighted by atomic mass is 9.45. The summed E-state index contributed by atoms with van der Waals surface area (Å²) in [5.74, 6) is 3.76. The van der Waals surface area contributed by atoms with E-state index in [-0.39, 0.29) is 11.5 Å². The molecule has 0 aromatic carbocycles. The molecule has 1 nitrogen and oxygen atoms in total. The van der Waals surface area contributed by atoms with E-state index in [4.69, 9.17) is 0 Å². The molecule has 4 saturated carbocycles. The molecule has 0 heterocycles. The van der Waals surface area contributed by atoms with Gasteiger partial charge in [-0.05, 0) is 85.9 Å². The van der Waals surface area contributed by atoms with Crippen LogP contribution >= 0.6 is 0 Å². The number of fused-ring (bicyclic) bond motifs is 5. The average Bonchev–Trinajstić information content (AvgIpc) is 2.84. The van der Waals surface area contributed by atoms with Crippen molar-refractivity contribution in [1.29, 1.82) is 0 Å². The van der Waals surface area contributed by atoms with Gasteiger partial charge in [0.1, 0.15) is 0 Å². The van der Waals surface area contributed by atoms with Crippen molar-refractivity contribution in [3.63, 3.8) is 0 Å². The fourth-order valence-electron chi connectivity index (χ4n) is 7.27. The molecule has 0 radical (unpaired) electrons. The van der Waals surface area contributed by atoms with E-state index in [2.05, 4.69) is 13.8 Å². The van der Waals surface area contributed by atoms with Crippen LogP contribution in [0.3, 0.4) is 0 Å². The van der Waals surface area contributed by atoms with Crippen LogP contribution in [0.1, 0.15) is 91.9 Å². The highest BCUT2D eigenvalue weighted by Crippen LogP contribution is 2.66. The maximum absolute atomic E-state index is 10.5. The van der Waals surface area contributed by atoms with E-state index in [1.54, 1.807) is 0 Å². The van der Waals surface area contributed by atoms with Gasteiger partial charge in [-0.25, -0.2) is 0 Å². The first-order chi connectivity index (χ1) is 10.6. The van der Waals surface area contributed by atoms with Gasteiger partial charge in [0, 0.05) is 0 Å². The zero-order valence-corrected chi connectivity index (χ0v) is 15.4. The topological polar surface area (TPSA) is 20.2 Å². The normalized spacial score (nSPS) is 53.6. The summed E-state index contributed by atoms with van der Waals surface area (Å²) < 4.78 is 0. The van der Waals surface area contributed by atoms with Gasteiger partial charge in [-0.15, -0.1) is 0 Å². The average molecular weight is 307 g/mol. The maximum Gasteiger partial charge on any atom is 0.0596 e. The molecule has 0 aromatic rings. The molecule has 0 spiro atoms. The molecule has 4 fully saturated rings. The minimum Gasteiger partial charge on any atom is -0.393 e. The Morgan fingerprint density at radius 1 is 0.727 bits per heavy atom. The number of aliphatic hydroxyl groups excluding tert-OH is 1. The van der Waals surface area contributed by atoms with E-state index in [1.165, 1.54) is 57.8 Å². The molecule has 22 heavy (non-hydrogen) atoms. The number of hydrogen-bond donors (Lipinski definition) is 1. The Morgan fingerprint density at radius 2 is 1.45 bits per heavy atom. The van der Waals surface area contributed by atoms with E-state index < -0.39 is 0 Å². The molecule has 4 rings (SSSR count). The predicted octanol–water partition coefficient (Wildman–Crippen LogP) is 5.81. The Kier molecular flexibility index (Phi) is 4.67. The molecule has 0 amide bonds. The van der Waals surface area contributed by atoms with Crippen LogP contribution in [0, 0.1) is 34.5 Å². The Morgan fingerprint density at radius 3 is 2.23 bits per heavy atom. The van der Waals surface area contributed by atoms with Gasteiger partial charge in [0.15, 0.2) is 0 Å². The molecule has 0 aliphatic heterocycles. The molecule has 128 valence electrons. The third-order valence-corrected chi connectivity index (χ3v) is 8.53. The molecular formula is C21H38O. The lowest BCUT2D eigenvalue weighted by Gasteiger charge is -2.60. The first-order valence-corrected chi connectivity index (χ1v) is 10.2. The van der Waals surface area contributed by atoms with Crippen molar-refractivity contribution in [2.45, 2.75) is 98.0 Å². The summed E-state index contributed by atoms with van der Waals surface area (Å²) in [7, 11) is 0. The van der Waals surface area contributed by atoms with Crippen LogP contribution in [0.25, 0.3) is 0 Å². The Balaban J connectivity index is 0.000000693. The first-order valence-electron chi connectivity index (χ1n) is 10.2. The molecule has 5 unspecified atom stereocenters. The Labute approximate surface area is 138 Å². The lowest BCUT2D eigenvalue weighted by Crippen LogP contribution is -2.53. The van der Waals surface area contributed by atoms with E-state index in [1.807, 2.05) is 13.8 Å². The summed E-state index contributed by atoms with van der Waals surface area (Å²) in [5.41, 5.74) is 0.912. The smallest absolute Gasteiger partial charge is 0.0596 e. The van der Waals surface area contributed by atoms with Gasteiger partial charge in [-0.1, -0.05) is 40.5 Å². The second-order valence-electron chi connectivity index (χ2n) is 9.04. The monoisotopic (exact) mass is 306 g/mol. The zero-order valence-electron chi connectivity index (χ0n) is 15.4. The molecule has 1 N–H and O–H groups in total. The highest BCUT2D eigenvalue weighted by Gasteiger charge is 2.59. The van der Waals surface area contributed by atoms with Crippen LogP contribution < -0.4 is 0 Å². The molecule has 4 aliphatic rings. The maximum atomic E-state index is 10.5. The summed E-state index contributed by atoms with van der Waals surface area (Å²) in [6, 6.07) is 0. The Bertz CT molecular complexity index is 391. The van der Waals surface area contributed by atoms with E-state index in [0.29, 0.717) is 5.41 Å². The van der Waals surface area contributed by atoms with Crippen molar-refractivity contribution in [2.75, 3.05) is 0 Å². The summed E-state index contributed by atoms with van der Waals surface area (Å²) in [5, 5.41) is 10.5. The second kappa shape index (κ2) is 6.11. The summed E-state index contributed by atoms with van der Waals surface area (Å²) >= 11 is 0. The highest BCUT2D eigenvalue weighted by atomic mass is 16.3. The Hall–Kier alpha value is -0.0400. The summed E-state index contributed by atoms with van der Waals surface area (Å²) in [4.78, 5) is 0. The van der Waals surface area contributed by atoms with Gasteiger partial charge in [-0.3, -0.25) is 0 Å². The summed E-state index contributed by atoms with van der Waals surface area (Å²) in [6.07, 6.45) is 14.0. The SMILES string of the molecule is CC.C[C@]12CCCCC1CCC1C2CC[C@]2(C)C(O)CCC12. The number of aliphatic hydroxyl groups is 1. The van der Waals surface area contributed by atoms with Gasteiger partial charge in [-0.2, -0.15) is 0 Å². The van der Waals surface area contributed by atoms with Crippen molar-refractivity contribution in [2.24, 2.45) is 34.5 Å². The van der Waals surface area contributed by atoms with Crippen LogP contribution in [0.5, 0.6) is 0 Å². The quantitative estimate of drug-likeness (QED) is 0.599. The minimum absolute atomic E-state index is 0.00895. The van der Waals surface area contributed by atoms with Crippen LogP contribution in [0.15, 0.2) is 0 Å². The van der Waals surface area contributed by atoms with Gasteiger partial charge in [0.05, 0.1) is 6.10 Å². The van der Waals surface area contributed by atoms with Gasteiger partial charge in [0.25, 0.3) is 0 Å².